The predicted molar refractivity (Wildman–Crippen MR) is 96.4 cm³/mol. The van der Waals surface area contributed by atoms with Gasteiger partial charge in [-0.1, -0.05) is 6.07 Å². The third kappa shape index (κ3) is 2.75. The number of methoxy groups -OCH3 is 1. The highest BCUT2D eigenvalue weighted by Crippen LogP contribution is 2.50. The quantitative estimate of drug-likeness (QED) is 0.879. The highest BCUT2D eigenvalue weighted by Gasteiger charge is 2.51. The number of aliphatic hydroxyl groups is 1. The first-order valence-corrected chi connectivity index (χ1v) is 9.08. The second-order valence-electron chi connectivity index (χ2n) is 7.68. The zero-order valence-electron chi connectivity index (χ0n) is 15.6. The summed E-state index contributed by atoms with van der Waals surface area (Å²) in [6, 6.07) is 6.30. The van der Waals surface area contributed by atoms with Gasteiger partial charge in [-0.15, -0.1) is 10.2 Å². The Morgan fingerprint density at radius 1 is 1.42 bits per heavy atom. The van der Waals surface area contributed by atoms with Crippen molar-refractivity contribution < 1.29 is 14.6 Å². The van der Waals surface area contributed by atoms with Crippen molar-refractivity contribution in [3.05, 3.63) is 35.9 Å². The van der Waals surface area contributed by atoms with E-state index in [9.17, 15) is 5.11 Å². The molecular weight excluding hydrogens is 332 g/mol. The van der Waals surface area contributed by atoms with Gasteiger partial charge >= 0.3 is 0 Å². The third-order valence-electron chi connectivity index (χ3n) is 5.71. The van der Waals surface area contributed by atoms with Gasteiger partial charge in [0.05, 0.1) is 26.9 Å². The second-order valence-corrected chi connectivity index (χ2v) is 7.68. The summed E-state index contributed by atoms with van der Waals surface area (Å²) in [5, 5.41) is 18.6. The van der Waals surface area contributed by atoms with Crippen LogP contribution in [-0.2, 0) is 6.54 Å². The van der Waals surface area contributed by atoms with Crippen molar-refractivity contribution in [2.45, 2.75) is 32.4 Å². The molecule has 1 fully saturated rings. The number of hydrogen-bond acceptors (Lipinski definition) is 6. The fraction of sp³-hybridized carbons (Fsp3) is 0.579. The zero-order chi connectivity index (χ0) is 18.3. The minimum Gasteiger partial charge on any atom is -0.497 e. The number of aliphatic hydroxyl groups excluding tert-OH is 1. The maximum Gasteiger partial charge on any atom is 0.147 e. The number of fused-ring (bicyclic) bond motifs is 3. The van der Waals surface area contributed by atoms with Crippen LogP contribution in [-0.4, -0.2) is 58.2 Å². The van der Waals surface area contributed by atoms with Crippen LogP contribution in [0.3, 0.4) is 0 Å². The smallest absolute Gasteiger partial charge is 0.147 e. The molecule has 7 heteroatoms. The monoisotopic (exact) mass is 358 g/mol. The molecule has 0 saturated carbocycles. The van der Waals surface area contributed by atoms with E-state index in [4.69, 9.17) is 9.47 Å². The van der Waals surface area contributed by atoms with Crippen molar-refractivity contribution >= 4 is 0 Å². The maximum absolute atomic E-state index is 10.2. The lowest BCUT2D eigenvalue weighted by molar-refractivity contribution is 0.0453. The summed E-state index contributed by atoms with van der Waals surface area (Å²) < 4.78 is 13.4. The van der Waals surface area contributed by atoms with Crippen molar-refractivity contribution in [1.82, 2.24) is 19.7 Å². The molecule has 3 heterocycles. The van der Waals surface area contributed by atoms with Gasteiger partial charge in [-0.3, -0.25) is 4.90 Å². The molecule has 140 valence electrons. The predicted octanol–water partition coefficient (Wildman–Crippen LogP) is 1.84. The third-order valence-corrected chi connectivity index (χ3v) is 5.71. The standard InChI is InChI=1S/C19H26N4O3/c1-13(2)23-12-20-21-18(23)8-22-7-16-15-5-4-14(25-3)6-17(15)26-11-19(16,9-22)10-24/h4-6,12-13,16,24H,7-11H2,1-3H3. The van der Waals surface area contributed by atoms with Crippen LogP contribution in [0, 0.1) is 5.41 Å². The molecule has 7 nitrogen and oxygen atoms in total. The van der Waals surface area contributed by atoms with E-state index in [1.807, 2.05) is 12.1 Å². The highest BCUT2D eigenvalue weighted by molar-refractivity contribution is 5.46. The molecule has 0 bridgehead atoms. The van der Waals surface area contributed by atoms with Crippen molar-refractivity contribution in [1.29, 1.82) is 0 Å². The molecule has 2 aromatic rings. The maximum atomic E-state index is 10.2. The highest BCUT2D eigenvalue weighted by atomic mass is 16.5. The zero-order valence-corrected chi connectivity index (χ0v) is 15.6. The van der Waals surface area contributed by atoms with Crippen molar-refractivity contribution in [3.63, 3.8) is 0 Å². The van der Waals surface area contributed by atoms with E-state index in [0.717, 1.165) is 42.5 Å². The second kappa shape index (κ2) is 6.55. The van der Waals surface area contributed by atoms with Gasteiger partial charge in [-0.2, -0.15) is 0 Å². The SMILES string of the molecule is COc1ccc2c(c1)OCC1(CO)CN(Cc3nncn3C(C)C)CC21. The topological polar surface area (TPSA) is 72.6 Å². The molecule has 0 amide bonds. The number of likely N-dealkylation sites (tertiary alicyclic amines) is 1. The molecule has 0 spiro atoms. The minimum atomic E-state index is -0.274. The van der Waals surface area contributed by atoms with Gasteiger partial charge in [-0.05, 0) is 25.5 Å². The molecule has 26 heavy (non-hydrogen) atoms. The number of aromatic nitrogens is 3. The molecule has 1 aromatic heterocycles. The minimum absolute atomic E-state index is 0.108. The molecule has 2 aliphatic heterocycles. The van der Waals surface area contributed by atoms with Gasteiger partial charge in [-0.25, -0.2) is 0 Å². The molecule has 1 N–H and O–H groups in total. The van der Waals surface area contributed by atoms with Gasteiger partial charge < -0.3 is 19.1 Å². The van der Waals surface area contributed by atoms with Crippen molar-refractivity contribution in [2.75, 3.05) is 33.4 Å². The Balaban J connectivity index is 1.60. The van der Waals surface area contributed by atoms with Crippen LogP contribution in [0.4, 0.5) is 0 Å². The normalized spacial score (nSPS) is 25.0. The summed E-state index contributed by atoms with van der Waals surface area (Å²) in [5.74, 6) is 2.85. The van der Waals surface area contributed by atoms with E-state index in [0.29, 0.717) is 12.6 Å². The van der Waals surface area contributed by atoms with Crippen LogP contribution >= 0.6 is 0 Å². The van der Waals surface area contributed by atoms with Crippen molar-refractivity contribution in [2.24, 2.45) is 5.41 Å². The van der Waals surface area contributed by atoms with E-state index in [-0.39, 0.29) is 17.9 Å². The number of hydrogen-bond donors (Lipinski definition) is 1. The summed E-state index contributed by atoms with van der Waals surface area (Å²) in [5.41, 5.74) is 0.878. The van der Waals surface area contributed by atoms with E-state index in [1.54, 1.807) is 13.4 Å². The number of benzene rings is 1. The van der Waals surface area contributed by atoms with Gasteiger partial charge in [0.25, 0.3) is 0 Å². The number of ether oxygens (including phenoxy) is 2. The first-order valence-electron chi connectivity index (χ1n) is 9.08. The first kappa shape index (κ1) is 17.3. The fourth-order valence-corrected chi connectivity index (χ4v) is 4.26. The largest absolute Gasteiger partial charge is 0.497 e. The van der Waals surface area contributed by atoms with Gasteiger partial charge in [0.1, 0.15) is 23.7 Å². The van der Waals surface area contributed by atoms with Gasteiger partial charge in [0.15, 0.2) is 0 Å². The summed E-state index contributed by atoms with van der Waals surface area (Å²) in [7, 11) is 1.66. The molecule has 1 aromatic carbocycles. The van der Waals surface area contributed by atoms with E-state index in [2.05, 4.69) is 39.6 Å². The Hall–Kier alpha value is -2.12. The summed E-state index contributed by atoms with van der Waals surface area (Å²) in [4.78, 5) is 2.35. The van der Waals surface area contributed by atoms with E-state index in [1.165, 1.54) is 0 Å². The average Bonchev–Trinajstić information content (AvgIpc) is 3.26. The number of rotatable bonds is 5. The van der Waals surface area contributed by atoms with Crippen LogP contribution in [0.2, 0.25) is 0 Å². The molecule has 2 unspecified atom stereocenters. The lowest BCUT2D eigenvalue weighted by atomic mass is 9.74. The Morgan fingerprint density at radius 2 is 2.27 bits per heavy atom. The molecular formula is C19H26N4O3. The van der Waals surface area contributed by atoms with Crippen molar-refractivity contribution in [3.8, 4) is 11.5 Å². The van der Waals surface area contributed by atoms with Crippen LogP contribution in [0.15, 0.2) is 24.5 Å². The van der Waals surface area contributed by atoms with E-state index < -0.39 is 0 Å². The number of nitrogens with zero attached hydrogens (tertiary/aromatic N) is 4. The Morgan fingerprint density at radius 3 is 3.00 bits per heavy atom. The van der Waals surface area contributed by atoms with Crippen LogP contribution < -0.4 is 9.47 Å². The molecule has 0 aliphatic carbocycles. The summed E-state index contributed by atoms with van der Waals surface area (Å²) in [6.07, 6.45) is 1.79. The van der Waals surface area contributed by atoms with Crippen LogP contribution in [0.1, 0.15) is 37.2 Å². The summed E-state index contributed by atoms with van der Waals surface area (Å²) >= 11 is 0. The van der Waals surface area contributed by atoms with Crippen LogP contribution in [0.25, 0.3) is 0 Å². The van der Waals surface area contributed by atoms with Crippen LogP contribution in [0.5, 0.6) is 11.5 Å². The lowest BCUT2D eigenvalue weighted by Gasteiger charge is -2.38. The molecule has 1 saturated heterocycles. The molecule has 0 radical (unpaired) electrons. The fourth-order valence-electron chi connectivity index (χ4n) is 4.26. The Labute approximate surface area is 153 Å². The average molecular weight is 358 g/mol. The molecule has 2 atom stereocenters. The Kier molecular flexibility index (Phi) is 4.36. The molecule has 2 aliphatic rings. The molecule has 4 rings (SSSR count). The lowest BCUT2D eigenvalue weighted by Crippen LogP contribution is -2.42. The summed E-state index contributed by atoms with van der Waals surface area (Å²) in [6.45, 7) is 7.26. The van der Waals surface area contributed by atoms with Gasteiger partial charge in [0.2, 0.25) is 0 Å². The van der Waals surface area contributed by atoms with Gasteiger partial charge in [0, 0.05) is 36.5 Å². The van der Waals surface area contributed by atoms with E-state index >= 15 is 0 Å². The Bertz CT molecular complexity index is 791. The first-order chi connectivity index (χ1) is 12.6.